The second-order valence-corrected chi connectivity index (χ2v) is 11.6. The lowest BCUT2D eigenvalue weighted by atomic mass is 9.92. The molecule has 2 aromatic heterocycles. The van der Waals surface area contributed by atoms with Crippen molar-refractivity contribution in [3.63, 3.8) is 0 Å². The van der Waals surface area contributed by atoms with Crippen LogP contribution in [0.1, 0.15) is 56.1 Å². The van der Waals surface area contributed by atoms with E-state index >= 15 is 0 Å². The molecule has 0 spiro atoms. The highest BCUT2D eigenvalue weighted by atomic mass is 19.1. The molecule has 2 fully saturated rings. The minimum absolute atomic E-state index is 0.0115. The molecule has 0 amide bonds. The zero-order valence-corrected chi connectivity index (χ0v) is 24.6. The summed E-state index contributed by atoms with van der Waals surface area (Å²) in [6, 6.07) is 13.0. The number of hydrogen-bond acceptors (Lipinski definition) is 6. The molecule has 0 unspecified atom stereocenters. The van der Waals surface area contributed by atoms with Crippen molar-refractivity contribution in [2.45, 2.75) is 70.8 Å². The quantitative estimate of drug-likeness (QED) is 0.309. The van der Waals surface area contributed by atoms with Gasteiger partial charge in [0.25, 0.3) is 0 Å². The lowest BCUT2D eigenvalue weighted by molar-refractivity contribution is 0.0972. The van der Waals surface area contributed by atoms with Gasteiger partial charge in [-0.25, -0.2) is 18.6 Å². The van der Waals surface area contributed by atoms with Crippen LogP contribution in [0.25, 0.3) is 11.2 Å². The fourth-order valence-corrected chi connectivity index (χ4v) is 6.67. The summed E-state index contributed by atoms with van der Waals surface area (Å²) in [6.07, 6.45) is 2.97. The van der Waals surface area contributed by atoms with Crippen LogP contribution in [0.3, 0.4) is 0 Å². The minimum atomic E-state index is -0.316. The van der Waals surface area contributed by atoms with Gasteiger partial charge in [-0.2, -0.15) is 4.98 Å². The zero-order valence-electron chi connectivity index (χ0n) is 24.6. The Balaban J connectivity index is 1.38. The van der Waals surface area contributed by atoms with Crippen LogP contribution in [0.15, 0.2) is 53.3 Å². The van der Waals surface area contributed by atoms with Gasteiger partial charge in [0.05, 0.1) is 18.7 Å². The Hall–Kier alpha value is -3.63. The monoisotopic (exact) mass is 576 g/mol. The van der Waals surface area contributed by atoms with Crippen LogP contribution in [0.4, 0.5) is 14.6 Å². The highest BCUT2D eigenvalue weighted by molar-refractivity contribution is 5.84. The van der Waals surface area contributed by atoms with E-state index in [9.17, 15) is 13.6 Å². The van der Waals surface area contributed by atoms with E-state index in [4.69, 9.17) is 9.72 Å². The van der Waals surface area contributed by atoms with Crippen LogP contribution in [-0.4, -0.2) is 61.9 Å². The predicted octanol–water partition coefficient (Wildman–Crippen LogP) is 4.97. The molecule has 10 heteroatoms. The Labute approximate surface area is 244 Å². The predicted molar refractivity (Wildman–Crippen MR) is 159 cm³/mol. The third kappa shape index (κ3) is 5.22. The number of fused-ring (bicyclic) bond motifs is 1. The van der Waals surface area contributed by atoms with Gasteiger partial charge in [-0.15, -0.1) is 0 Å². The van der Waals surface area contributed by atoms with Crippen LogP contribution in [-0.2, 0) is 18.3 Å². The van der Waals surface area contributed by atoms with Crippen LogP contribution >= 0.6 is 0 Å². The van der Waals surface area contributed by atoms with E-state index < -0.39 is 0 Å². The average Bonchev–Trinajstić information content (AvgIpc) is 3.61. The summed E-state index contributed by atoms with van der Waals surface area (Å²) in [6.45, 7) is 8.94. The number of halogens is 2. The molecule has 0 saturated carbocycles. The van der Waals surface area contributed by atoms with E-state index in [1.807, 2.05) is 31.2 Å². The number of piperazine rings is 1. The molecule has 2 saturated heterocycles. The molecular formula is C32H38F2N6O2. The van der Waals surface area contributed by atoms with Crippen molar-refractivity contribution in [2.24, 2.45) is 7.05 Å². The summed E-state index contributed by atoms with van der Waals surface area (Å²) in [7, 11) is 1.75. The summed E-state index contributed by atoms with van der Waals surface area (Å²) in [5.41, 5.74) is 3.05. The molecule has 8 nitrogen and oxygen atoms in total. The Bertz CT molecular complexity index is 1570. The maximum atomic E-state index is 13.9. The molecule has 3 atom stereocenters. The molecule has 0 radical (unpaired) electrons. The molecule has 4 heterocycles. The van der Waals surface area contributed by atoms with Gasteiger partial charge in [0.15, 0.2) is 5.82 Å². The second kappa shape index (κ2) is 11.6. The number of benzene rings is 2. The van der Waals surface area contributed by atoms with Crippen molar-refractivity contribution in [1.82, 2.24) is 24.0 Å². The number of aromatic nitrogens is 4. The third-order valence-corrected chi connectivity index (χ3v) is 8.89. The second-order valence-electron chi connectivity index (χ2n) is 11.6. The standard InChI is InChI=1S/C32H38F2N6O2/c1-5-26-18-38(30-28-31(37(4)32(41)36-30)39(21(3)35-28)19-27-7-6-16-42-27)20(2)17-40(26)29(22-8-12-24(33)13-9-22)23-10-14-25(34)15-11-23/h8-15,20,26-27,29H,5-7,16-19H2,1-4H3/t20-,26+,27-/m0/s1. The first kappa shape index (κ1) is 28.5. The molecule has 6 rings (SSSR count). The van der Waals surface area contributed by atoms with E-state index in [1.54, 1.807) is 11.6 Å². The first-order valence-corrected chi connectivity index (χ1v) is 14.8. The van der Waals surface area contributed by atoms with Crippen LogP contribution in [0.2, 0.25) is 0 Å². The Morgan fingerprint density at radius 1 is 1.00 bits per heavy atom. The normalized spacial score (nSPS) is 21.6. The first-order valence-electron chi connectivity index (χ1n) is 14.8. The van der Waals surface area contributed by atoms with Gasteiger partial charge < -0.3 is 14.2 Å². The third-order valence-electron chi connectivity index (χ3n) is 8.89. The number of hydrogen-bond donors (Lipinski definition) is 0. The molecular weight excluding hydrogens is 538 g/mol. The summed E-state index contributed by atoms with van der Waals surface area (Å²) >= 11 is 0. The highest BCUT2D eigenvalue weighted by Gasteiger charge is 2.38. The maximum absolute atomic E-state index is 13.9. The number of imidazole rings is 1. The fourth-order valence-electron chi connectivity index (χ4n) is 6.67. The van der Waals surface area contributed by atoms with Gasteiger partial charge in [-0.05, 0) is 68.5 Å². The topological polar surface area (TPSA) is 68.4 Å². The smallest absolute Gasteiger partial charge is 0.350 e. The number of aryl methyl sites for hydroxylation is 2. The Morgan fingerprint density at radius 2 is 1.64 bits per heavy atom. The largest absolute Gasteiger partial charge is 0.376 e. The number of rotatable bonds is 7. The SMILES string of the molecule is CC[C@@H]1CN(c2nc(=O)n(C)c3c2nc(C)n3C[C@@H]2CCCO2)[C@@H](C)CN1C(c1ccc(F)cc1)c1ccc(F)cc1. The molecule has 2 aliphatic rings. The van der Waals surface area contributed by atoms with Crippen molar-refractivity contribution < 1.29 is 13.5 Å². The average molecular weight is 577 g/mol. The number of nitrogens with zero attached hydrogens (tertiary/aromatic N) is 6. The summed E-state index contributed by atoms with van der Waals surface area (Å²) in [5.74, 6) is 0.845. The van der Waals surface area contributed by atoms with Crippen LogP contribution in [0, 0.1) is 18.6 Å². The minimum Gasteiger partial charge on any atom is -0.376 e. The van der Waals surface area contributed by atoms with E-state index in [1.165, 1.54) is 24.3 Å². The van der Waals surface area contributed by atoms with E-state index in [2.05, 4.69) is 33.2 Å². The lowest BCUT2D eigenvalue weighted by Crippen LogP contribution is -2.58. The van der Waals surface area contributed by atoms with Crippen LogP contribution < -0.4 is 10.6 Å². The number of anilines is 1. The maximum Gasteiger partial charge on any atom is 0.350 e. The molecule has 222 valence electrons. The number of ether oxygens (including phenoxy) is 1. The molecule has 0 aliphatic carbocycles. The lowest BCUT2D eigenvalue weighted by Gasteiger charge is -2.49. The van der Waals surface area contributed by atoms with Crippen molar-refractivity contribution >= 4 is 17.0 Å². The molecule has 42 heavy (non-hydrogen) atoms. The van der Waals surface area contributed by atoms with Gasteiger partial charge in [0.2, 0.25) is 0 Å². The summed E-state index contributed by atoms with van der Waals surface area (Å²) < 4.78 is 37.4. The van der Waals surface area contributed by atoms with Crippen molar-refractivity contribution in [2.75, 3.05) is 24.6 Å². The molecule has 4 aromatic rings. The van der Waals surface area contributed by atoms with Gasteiger partial charge in [0, 0.05) is 38.8 Å². The summed E-state index contributed by atoms with van der Waals surface area (Å²) in [5, 5.41) is 0. The van der Waals surface area contributed by atoms with E-state index in [0.29, 0.717) is 25.5 Å². The van der Waals surface area contributed by atoms with E-state index in [0.717, 1.165) is 54.0 Å². The molecule has 2 aromatic carbocycles. The first-order chi connectivity index (χ1) is 20.2. The summed E-state index contributed by atoms with van der Waals surface area (Å²) in [4.78, 5) is 27.4. The Kier molecular flexibility index (Phi) is 7.85. The van der Waals surface area contributed by atoms with Crippen molar-refractivity contribution in [3.8, 4) is 0 Å². The van der Waals surface area contributed by atoms with Crippen LogP contribution in [0.5, 0.6) is 0 Å². The fraction of sp³-hybridized carbons (Fsp3) is 0.469. The van der Waals surface area contributed by atoms with E-state index in [-0.39, 0.29) is 41.6 Å². The van der Waals surface area contributed by atoms with Gasteiger partial charge in [-0.3, -0.25) is 9.47 Å². The Morgan fingerprint density at radius 3 is 2.21 bits per heavy atom. The van der Waals surface area contributed by atoms with Gasteiger partial charge in [-0.1, -0.05) is 31.2 Å². The van der Waals surface area contributed by atoms with Gasteiger partial charge in [0.1, 0.15) is 28.6 Å². The molecule has 2 aliphatic heterocycles. The molecule has 0 bridgehead atoms. The zero-order chi connectivity index (χ0) is 29.5. The molecule has 0 N–H and O–H groups in total. The van der Waals surface area contributed by atoms with Crippen molar-refractivity contribution in [3.05, 3.63) is 87.6 Å². The highest BCUT2D eigenvalue weighted by Crippen LogP contribution is 2.36. The van der Waals surface area contributed by atoms with Crippen molar-refractivity contribution in [1.29, 1.82) is 0 Å². The van der Waals surface area contributed by atoms with Gasteiger partial charge >= 0.3 is 5.69 Å².